The molecular formula is C31H29ClN2O4. The van der Waals surface area contributed by atoms with Gasteiger partial charge in [-0.3, -0.25) is 4.79 Å². The van der Waals surface area contributed by atoms with Gasteiger partial charge in [-0.15, -0.1) is 0 Å². The molecule has 6 nitrogen and oxygen atoms in total. The molecule has 0 bridgehead atoms. The lowest BCUT2D eigenvalue weighted by Crippen LogP contribution is -2.33. The second-order valence-electron chi connectivity index (χ2n) is 8.59. The molecule has 0 unspecified atom stereocenters. The van der Waals surface area contributed by atoms with Crippen molar-refractivity contribution >= 4 is 34.7 Å². The second-order valence-corrected chi connectivity index (χ2v) is 9.03. The number of anilines is 2. The summed E-state index contributed by atoms with van der Waals surface area (Å²) in [6, 6.07) is 30.6. The quantitative estimate of drug-likeness (QED) is 0.128. The molecule has 4 aromatic rings. The Labute approximate surface area is 227 Å². The van der Waals surface area contributed by atoms with Gasteiger partial charge < -0.3 is 20.1 Å². The summed E-state index contributed by atoms with van der Waals surface area (Å²) < 4.78 is 10.9. The highest BCUT2D eigenvalue weighted by Crippen LogP contribution is 2.22. The van der Waals surface area contributed by atoms with Crippen molar-refractivity contribution in [2.75, 3.05) is 30.9 Å². The zero-order valence-electron chi connectivity index (χ0n) is 21.0. The Morgan fingerprint density at radius 1 is 0.842 bits per heavy atom. The van der Waals surface area contributed by atoms with Gasteiger partial charge in [-0.05, 0) is 54.1 Å². The first-order valence-electron chi connectivity index (χ1n) is 12.3. The van der Waals surface area contributed by atoms with Crippen LogP contribution >= 0.6 is 11.6 Å². The van der Waals surface area contributed by atoms with Crippen molar-refractivity contribution in [2.45, 2.75) is 12.5 Å². The molecule has 0 aliphatic carbocycles. The predicted molar refractivity (Wildman–Crippen MR) is 151 cm³/mol. The van der Waals surface area contributed by atoms with E-state index in [9.17, 15) is 9.59 Å². The number of rotatable bonds is 12. The van der Waals surface area contributed by atoms with E-state index >= 15 is 0 Å². The molecule has 7 heteroatoms. The van der Waals surface area contributed by atoms with E-state index < -0.39 is 12.0 Å². The number of methoxy groups -OCH3 is 1. The molecule has 0 amide bonds. The average Bonchev–Trinajstić information content (AvgIpc) is 2.96. The molecule has 0 aromatic heterocycles. The van der Waals surface area contributed by atoms with Gasteiger partial charge in [0.05, 0.1) is 7.11 Å². The van der Waals surface area contributed by atoms with Crippen LogP contribution in [0.1, 0.15) is 21.5 Å². The fraction of sp³-hybridized carbons (Fsp3) is 0.161. The summed E-state index contributed by atoms with van der Waals surface area (Å²) in [6.07, 6.45) is 0.374. The lowest BCUT2D eigenvalue weighted by atomic mass is 10.00. The van der Waals surface area contributed by atoms with E-state index in [4.69, 9.17) is 21.1 Å². The van der Waals surface area contributed by atoms with Gasteiger partial charge in [0, 0.05) is 40.5 Å². The van der Waals surface area contributed by atoms with Crippen LogP contribution in [0, 0.1) is 0 Å². The van der Waals surface area contributed by atoms with Crippen molar-refractivity contribution < 1.29 is 19.1 Å². The first-order valence-corrected chi connectivity index (χ1v) is 12.7. The number of carbonyl (C=O) groups excluding carboxylic acids is 2. The summed E-state index contributed by atoms with van der Waals surface area (Å²) in [5.74, 6) is 0.193. The van der Waals surface area contributed by atoms with E-state index in [0.29, 0.717) is 41.4 Å². The summed E-state index contributed by atoms with van der Waals surface area (Å²) in [5, 5.41) is 7.20. The van der Waals surface area contributed by atoms with Gasteiger partial charge in [0.25, 0.3) is 0 Å². The number of hydrogen-bond acceptors (Lipinski definition) is 6. The molecule has 0 spiro atoms. The summed E-state index contributed by atoms with van der Waals surface area (Å²) >= 11 is 5.91. The van der Waals surface area contributed by atoms with Crippen LogP contribution in [0.5, 0.6) is 5.75 Å². The third-order valence-electron chi connectivity index (χ3n) is 5.93. The highest BCUT2D eigenvalue weighted by Gasteiger charge is 2.22. The molecular weight excluding hydrogens is 500 g/mol. The number of ketones is 1. The zero-order valence-corrected chi connectivity index (χ0v) is 21.8. The first-order chi connectivity index (χ1) is 18.5. The Bertz CT molecular complexity index is 1340. The highest BCUT2D eigenvalue weighted by molar-refractivity contribution is 6.30. The van der Waals surface area contributed by atoms with E-state index in [-0.39, 0.29) is 5.78 Å². The van der Waals surface area contributed by atoms with Crippen molar-refractivity contribution in [1.82, 2.24) is 0 Å². The molecule has 38 heavy (non-hydrogen) atoms. The molecule has 4 aromatic carbocycles. The molecule has 0 saturated heterocycles. The number of halogens is 1. The minimum atomic E-state index is -0.680. The van der Waals surface area contributed by atoms with Crippen LogP contribution < -0.4 is 15.4 Å². The van der Waals surface area contributed by atoms with Gasteiger partial charge in [-0.25, -0.2) is 4.79 Å². The number of carbonyl (C=O) groups is 2. The van der Waals surface area contributed by atoms with Crippen LogP contribution in [-0.4, -0.2) is 38.1 Å². The van der Waals surface area contributed by atoms with E-state index in [0.717, 1.165) is 17.0 Å². The third-order valence-corrected chi connectivity index (χ3v) is 6.18. The molecule has 0 heterocycles. The van der Waals surface area contributed by atoms with Crippen LogP contribution in [0.2, 0.25) is 5.02 Å². The van der Waals surface area contributed by atoms with Gasteiger partial charge in [-0.1, -0.05) is 66.2 Å². The molecule has 0 fully saturated rings. The maximum Gasteiger partial charge on any atom is 0.328 e. The predicted octanol–water partition coefficient (Wildman–Crippen LogP) is 6.26. The molecule has 0 radical (unpaired) electrons. The lowest BCUT2D eigenvalue weighted by molar-refractivity contribution is -0.141. The van der Waals surface area contributed by atoms with E-state index in [1.807, 2.05) is 72.8 Å². The first kappa shape index (κ1) is 26.8. The van der Waals surface area contributed by atoms with Gasteiger partial charge in [-0.2, -0.15) is 0 Å². The van der Waals surface area contributed by atoms with E-state index in [1.165, 1.54) is 7.11 Å². The largest absolute Gasteiger partial charge is 0.492 e. The fourth-order valence-corrected chi connectivity index (χ4v) is 4.09. The minimum Gasteiger partial charge on any atom is -0.492 e. The summed E-state index contributed by atoms with van der Waals surface area (Å²) in [6.45, 7) is 1.12. The summed E-state index contributed by atoms with van der Waals surface area (Å²) in [4.78, 5) is 25.7. The molecule has 0 aliphatic rings. The molecule has 0 saturated carbocycles. The zero-order chi connectivity index (χ0) is 26.7. The van der Waals surface area contributed by atoms with Crippen molar-refractivity contribution in [2.24, 2.45) is 0 Å². The topological polar surface area (TPSA) is 76.7 Å². The maximum atomic E-state index is 13.1. The van der Waals surface area contributed by atoms with Crippen LogP contribution in [0.15, 0.2) is 103 Å². The Balaban J connectivity index is 1.37. The lowest BCUT2D eigenvalue weighted by Gasteiger charge is -2.20. The smallest absolute Gasteiger partial charge is 0.328 e. The average molecular weight is 529 g/mol. The fourth-order valence-electron chi connectivity index (χ4n) is 3.96. The van der Waals surface area contributed by atoms with Gasteiger partial charge >= 0.3 is 5.97 Å². The molecule has 194 valence electrons. The Morgan fingerprint density at radius 3 is 2.24 bits per heavy atom. The number of nitrogens with one attached hydrogen (secondary N) is 2. The number of esters is 1. The summed E-state index contributed by atoms with van der Waals surface area (Å²) in [5.41, 5.74) is 3.54. The third kappa shape index (κ3) is 7.37. The molecule has 2 N–H and O–H groups in total. The van der Waals surface area contributed by atoms with E-state index in [2.05, 4.69) is 10.6 Å². The van der Waals surface area contributed by atoms with Gasteiger partial charge in [0.2, 0.25) is 0 Å². The van der Waals surface area contributed by atoms with Crippen LogP contribution in [-0.2, 0) is 16.0 Å². The van der Waals surface area contributed by atoms with Crippen LogP contribution in [0.4, 0.5) is 11.4 Å². The SMILES string of the molecule is COC(=O)[C@H](Cc1ccc(OCCNc2ccc(Cl)cc2)cc1)Nc1ccccc1C(=O)c1ccccc1. The number of hydrogen-bond donors (Lipinski definition) is 2. The Kier molecular flexibility index (Phi) is 9.37. The van der Waals surface area contributed by atoms with Crippen molar-refractivity contribution in [3.05, 3.63) is 125 Å². The standard InChI is InChI=1S/C31H29ClN2O4/c1-37-31(36)29(34-28-10-6-5-9-27(28)30(35)23-7-3-2-4-8-23)21-22-11-17-26(18-12-22)38-20-19-33-25-15-13-24(32)14-16-25/h2-18,29,33-34H,19-21H2,1H3/t29-/m0/s1. The van der Waals surface area contributed by atoms with Crippen molar-refractivity contribution in [3.63, 3.8) is 0 Å². The molecule has 1 atom stereocenters. The Hall–Kier alpha value is -4.29. The van der Waals surface area contributed by atoms with Crippen LogP contribution in [0.3, 0.4) is 0 Å². The van der Waals surface area contributed by atoms with Crippen molar-refractivity contribution in [1.29, 1.82) is 0 Å². The maximum absolute atomic E-state index is 13.1. The number of para-hydroxylation sites is 1. The highest BCUT2D eigenvalue weighted by atomic mass is 35.5. The van der Waals surface area contributed by atoms with E-state index in [1.54, 1.807) is 30.3 Å². The molecule has 0 aliphatic heterocycles. The number of ether oxygens (including phenoxy) is 2. The second kappa shape index (κ2) is 13.3. The van der Waals surface area contributed by atoms with Crippen LogP contribution in [0.25, 0.3) is 0 Å². The Morgan fingerprint density at radius 2 is 1.53 bits per heavy atom. The minimum absolute atomic E-state index is 0.121. The monoisotopic (exact) mass is 528 g/mol. The van der Waals surface area contributed by atoms with Gasteiger partial charge in [0.1, 0.15) is 18.4 Å². The summed E-state index contributed by atoms with van der Waals surface area (Å²) in [7, 11) is 1.35. The normalized spacial score (nSPS) is 11.3. The van der Waals surface area contributed by atoms with Crippen molar-refractivity contribution in [3.8, 4) is 5.75 Å². The van der Waals surface area contributed by atoms with Gasteiger partial charge in [0.15, 0.2) is 5.78 Å². The molecule has 4 rings (SSSR count). The number of benzene rings is 4.